The number of aryl methyl sites for hydroxylation is 2. The molecule has 0 radical (unpaired) electrons. The molecule has 1 aliphatic rings. The van der Waals surface area contributed by atoms with Gasteiger partial charge in [0.2, 0.25) is 0 Å². The Morgan fingerprint density at radius 2 is 1.41 bits per heavy atom. The highest BCUT2D eigenvalue weighted by atomic mass is 16.5. The molecule has 41 heavy (non-hydrogen) atoms. The van der Waals surface area contributed by atoms with Gasteiger partial charge >= 0.3 is 0 Å². The number of para-hydroxylation sites is 1. The third kappa shape index (κ3) is 5.98. The zero-order valence-corrected chi connectivity index (χ0v) is 23.8. The molecule has 1 aliphatic carbocycles. The van der Waals surface area contributed by atoms with Gasteiger partial charge in [-0.1, -0.05) is 90.9 Å². The topological polar surface area (TPSA) is 55.5 Å². The molecule has 5 aromatic rings. The number of ether oxygens (including phenoxy) is 1. The molecule has 0 spiro atoms. The Bertz CT molecular complexity index is 1560. The van der Waals surface area contributed by atoms with Crippen LogP contribution >= 0.6 is 0 Å². The highest BCUT2D eigenvalue weighted by Crippen LogP contribution is 2.51. The molecule has 1 fully saturated rings. The van der Waals surface area contributed by atoms with Gasteiger partial charge in [-0.05, 0) is 97.4 Å². The molecular weight excluding hydrogens is 506 g/mol. The van der Waals surface area contributed by atoms with E-state index in [1.54, 1.807) is 0 Å². The number of aliphatic hydroxyl groups excluding tert-OH is 1. The van der Waals surface area contributed by atoms with Crippen molar-refractivity contribution in [3.63, 3.8) is 0 Å². The van der Waals surface area contributed by atoms with Crippen LogP contribution in [0.2, 0.25) is 0 Å². The van der Waals surface area contributed by atoms with Crippen LogP contribution in [0.15, 0.2) is 108 Å². The minimum atomic E-state index is -0.641. The monoisotopic (exact) mass is 543 g/mol. The fourth-order valence-corrected chi connectivity index (χ4v) is 5.80. The summed E-state index contributed by atoms with van der Waals surface area (Å²) >= 11 is 0. The molecule has 1 aromatic heterocycles. The van der Waals surface area contributed by atoms with E-state index in [0.29, 0.717) is 17.6 Å². The molecule has 4 heteroatoms. The van der Waals surface area contributed by atoms with Crippen LogP contribution in [0.25, 0.3) is 22.5 Å². The van der Waals surface area contributed by atoms with Crippen LogP contribution in [0.5, 0.6) is 11.5 Å². The fourth-order valence-electron chi connectivity index (χ4n) is 5.80. The van der Waals surface area contributed by atoms with Crippen molar-refractivity contribution < 1.29 is 14.4 Å². The van der Waals surface area contributed by atoms with E-state index >= 15 is 0 Å². The Hall–Kier alpha value is -4.15. The van der Waals surface area contributed by atoms with E-state index in [9.17, 15) is 5.11 Å². The smallest absolute Gasteiger partial charge is 0.172 e. The van der Waals surface area contributed by atoms with Crippen LogP contribution in [0.1, 0.15) is 67.5 Å². The van der Waals surface area contributed by atoms with Crippen LogP contribution in [-0.4, -0.2) is 10.3 Å². The van der Waals surface area contributed by atoms with Gasteiger partial charge in [0, 0.05) is 5.56 Å². The Labute approximate surface area is 242 Å². The summed E-state index contributed by atoms with van der Waals surface area (Å²) in [5, 5.41) is 15.4. The molecule has 4 nitrogen and oxygen atoms in total. The third-order valence-electron chi connectivity index (χ3n) is 8.59. The SMILES string of the molecule is CCC1(c2ccc(-c3ccc(-c4onc(C)c4C(O)CCCc4ccc(Oc5ccccc5)cc4)cc3)cc2)CC1. The number of nitrogens with zero attached hydrogens (tertiary/aromatic N) is 1. The minimum absolute atomic E-state index is 0.422. The predicted octanol–water partition coefficient (Wildman–Crippen LogP) is 9.61. The molecule has 1 N–H and O–H groups in total. The van der Waals surface area contributed by atoms with Gasteiger partial charge in [0.15, 0.2) is 5.76 Å². The number of hydrogen-bond donors (Lipinski definition) is 1. The Morgan fingerprint density at radius 1 is 0.805 bits per heavy atom. The summed E-state index contributed by atoms with van der Waals surface area (Å²) in [5.74, 6) is 2.29. The van der Waals surface area contributed by atoms with E-state index in [0.717, 1.165) is 41.2 Å². The molecule has 1 atom stereocenters. The molecule has 6 rings (SSSR count). The molecule has 1 unspecified atom stereocenters. The summed E-state index contributed by atoms with van der Waals surface area (Å²) < 4.78 is 11.6. The van der Waals surface area contributed by atoms with E-state index in [1.165, 1.54) is 41.5 Å². The van der Waals surface area contributed by atoms with Crippen molar-refractivity contribution >= 4 is 0 Å². The van der Waals surface area contributed by atoms with Gasteiger partial charge in [0.25, 0.3) is 0 Å². The van der Waals surface area contributed by atoms with Crippen LogP contribution in [0, 0.1) is 6.92 Å². The van der Waals surface area contributed by atoms with Crippen LogP contribution < -0.4 is 4.74 Å². The molecule has 0 aliphatic heterocycles. The molecule has 0 saturated heterocycles. The maximum atomic E-state index is 11.1. The maximum Gasteiger partial charge on any atom is 0.172 e. The van der Waals surface area contributed by atoms with Gasteiger partial charge in [-0.15, -0.1) is 0 Å². The van der Waals surface area contributed by atoms with Crippen LogP contribution in [-0.2, 0) is 11.8 Å². The van der Waals surface area contributed by atoms with Crippen LogP contribution in [0.4, 0.5) is 0 Å². The van der Waals surface area contributed by atoms with E-state index in [2.05, 4.69) is 72.7 Å². The van der Waals surface area contributed by atoms with Crippen molar-refractivity contribution in [1.82, 2.24) is 5.16 Å². The lowest BCUT2D eigenvalue weighted by Gasteiger charge is -2.14. The first-order chi connectivity index (χ1) is 20.0. The molecule has 208 valence electrons. The molecule has 0 bridgehead atoms. The molecule has 1 heterocycles. The number of benzene rings is 4. The number of rotatable bonds is 11. The van der Waals surface area contributed by atoms with E-state index in [1.807, 2.05) is 49.4 Å². The lowest BCUT2D eigenvalue weighted by atomic mass is 9.91. The predicted molar refractivity (Wildman–Crippen MR) is 164 cm³/mol. The molecule has 4 aromatic carbocycles. The second kappa shape index (κ2) is 11.8. The summed E-state index contributed by atoms with van der Waals surface area (Å²) in [4.78, 5) is 0. The molecule has 0 amide bonds. The van der Waals surface area contributed by atoms with Crippen molar-refractivity contribution in [3.8, 4) is 33.9 Å². The summed E-state index contributed by atoms with van der Waals surface area (Å²) in [6.45, 7) is 4.19. The van der Waals surface area contributed by atoms with Crippen molar-refractivity contribution in [2.45, 2.75) is 63.9 Å². The van der Waals surface area contributed by atoms with Crippen molar-refractivity contribution in [1.29, 1.82) is 0 Å². The molecular formula is C37H37NO3. The number of aliphatic hydroxyl groups is 1. The maximum absolute atomic E-state index is 11.1. The highest BCUT2D eigenvalue weighted by Gasteiger charge is 2.42. The Kier molecular flexibility index (Phi) is 7.76. The van der Waals surface area contributed by atoms with Crippen LogP contribution in [0.3, 0.4) is 0 Å². The fraction of sp³-hybridized carbons (Fsp3) is 0.270. The lowest BCUT2D eigenvalue weighted by molar-refractivity contribution is 0.164. The van der Waals surface area contributed by atoms with Gasteiger partial charge < -0.3 is 14.4 Å². The summed E-state index contributed by atoms with van der Waals surface area (Å²) in [5.41, 5.74) is 7.92. The average molecular weight is 544 g/mol. The second-order valence-electron chi connectivity index (χ2n) is 11.3. The summed E-state index contributed by atoms with van der Waals surface area (Å²) in [6.07, 6.45) is 5.52. The quantitative estimate of drug-likeness (QED) is 0.180. The summed E-state index contributed by atoms with van der Waals surface area (Å²) in [7, 11) is 0. The first kappa shape index (κ1) is 27.0. The number of hydrogen-bond acceptors (Lipinski definition) is 4. The first-order valence-corrected chi connectivity index (χ1v) is 14.7. The average Bonchev–Trinajstić information content (AvgIpc) is 3.73. The normalized spacial score (nSPS) is 14.5. The minimum Gasteiger partial charge on any atom is -0.457 e. The standard InChI is InChI=1S/C37H37NO3/c1-3-37(24-25-37)31-20-18-29(19-21-31)28-14-16-30(17-15-28)36-35(26(2)38-41-36)34(39)11-7-8-27-12-22-33(23-13-27)40-32-9-5-4-6-10-32/h4-6,9-10,12-23,34,39H,3,7-8,11,24-25H2,1-2H3. The van der Waals surface area contributed by atoms with Gasteiger partial charge in [-0.2, -0.15) is 0 Å². The first-order valence-electron chi connectivity index (χ1n) is 14.7. The van der Waals surface area contributed by atoms with Gasteiger partial charge in [0.1, 0.15) is 11.5 Å². The Balaban J connectivity index is 1.07. The Morgan fingerprint density at radius 3 is 2.05 bits per heavy atom. The third-order valence-corrected chi connectivity index (χ3v) is 8.59. The van der Waals surface area contributed by atoms with Crippen molar-refractivity contribution in [2.75, 3.05) is 0 Å². The van der Waals surface area contributed by atoms with E-state index in [-0.39, 0.29) is 0 Å². The lowest BCUT2D eigenvalue weighted by Crippen LogP contribution is -2.03. The summed E-state index contributed by atoms with van der Waals surface area (Å²) in [6, 6.07) is 35.4. The van der Waals surface area contributed by atoms with Crippen molar-refractivity contribution in [3.05, 3.63) is 126 Å². The molecule has 1 saturated carbocycles. The van der Waals surface area contributed by atoms with E-state index in [4.69, 9.17) is 9.26 Å². The second-order valence-corrected chi connectivity index (χ2v) is 11.3. The zero-order chi connectivity index (χ0) is 28.2. The highest BCUT2D eigenvalue weighted by molar-refractivity contribution is 5.70. The largest absolute Gasteiger partial charge is 0.457 e. The van der Waals surface area contributed by atoms with Gasteiger partial charge in [-0.3, -0.25) is 0 Å². The van der Waals surface area contributed by atoms with Gasteiger partial charge in [0.05, 0.1) is 17.4 Å². The zero-order valence-electron chi connectivity index (χ0n) is 23.8. The van der Waals surface area contributed by atoms with Gasteiger partial charge in [-0.25, -0.2) is 0 Å². The van der Waals surface area contributed by atoms with E-state index < -0.39 is 6.10 Å². The number of aromatic nitrogens is 1. The van der Waals surface area contributed by atoms with Crippen molar-refractivity contribution in [2.24, 2.45) is 0 Å².